The number of carboxylic acid groups (broad SMARTS) is 1. The predicted molar refractivity (Wildman–Crippen MR) is 67.3 cm³/mol. The summed E-state index contributed by atoms with van der Waals surface area (Å²) in [6.07, 6.45) is 2.22. The van der Waals surface area contributed by atoms with Gasteiger partial charge in [-0.15, -0.1) is 0 Å². The first-order chi connectivity index (χ1) is 8.19. The Balaban J connectivity index is 1.99. The largest absolute Gasteiger partial charge is 0.478 e. The summed E-state index contributed by atoms with van der Waals surface area (Å²) in [5, 5.41) is 8.94. The van der Waals surface area contributed by atoms with E-state index in [1.165, 1.54) is 13.0 Å². The lowest BCUT2D eigenvalue weighted by Crippen LogP contribution is -2.20. The van der Waals surface area contributed by atoms with Crippen LogP contribution in [0.3, 0.4) is 0 Å². The van der Waals surface area contributed by atoms with Crippen molar-refractivity contribution in [1.29, 1.82) is 0 Å². The highest BCUT2D eigenvalue weighted by Crippen LogP contribution is 2.21. The molecule has 1 aromatic rings. The second-order valence-electron chi connectivity index (χ2n) is 4.76. The Kier molecular flexibility index (Phi) is 3.79. The van der Waals surface area contributed by atoms with Crippen LogP contribution in [0.2, 0.25) is 0 Å². The van der Waals surface area contributed by atoms with E-state index in [-0.39, 0.29) is 0 Å². The minimum Gasteiger partial charge on any atom is -0.478 e. The van der Waals surface area contributed by atoms with Crippen LogP contribution in [0.4, 0.5) is 0 Å². The Morgan fingerprint density at radius 1 is 1.53 bits per heavy atom. The third-order valence-corrected chi connectivity index (χ3v) is 3.52. The van der Waals surface area contributed by atoms with E-state index >= 15 is 0 Å². The lowest BCUT2D eigenvalue weighted by atomic mass is 9.97. The molecular weight excluding hydrogens is 214 g/mol. The average molecular weight is 233 g/mol. The quantitative estimate of drug-likeness (QED) is 0.867. The van der Waals surface area contributed by atoms with Gasteiger partial charge in [-0.2, -0.15) is 0 Å². The molecule has 3 heteroatoms. The standard InChI is InChI=1S/C14H19NO2/c1-2-15-7-6-12(10-15)8-11-4-3-5-13(9-11)14(16)17/h3-5,9,12H,2,6-8,10H2,1H3,(H,16,17)/t12-/m1/s1. The number of hydrogen-bond acceptors (Lipinski definition) is 2. The molecule has 17 heavy (non-hydrogen) atoms. The molecule has 1 atom stereocenters. The van der Waals surface area contributed by atoms with E-state index in [0.29, 0.717) is 11.5 Å². The van der Waals surface area contributed by atoms with Gasteiger partial charge in [0.2, 0.25) is 0 Å². The van der Waals surface area contributed by atoms with Crippen molar-refractivity contribution in [3.8, 4) is 0 Å². The first-order valence-corrected chi connectivity index (χ1v) is 6.23. The predicted octanol–water partition coefficient (Wildman–Crippen LogP) is 2.27. The highest BCUT2D eigenvalue weighted by Gasteiger charge is 2.21. The number of nitrogens with zero attached hydrogens (tertiary/aromatic N) is 1. The van der Waals surface area contributed by atoms with Crippen LogP contribution in [0.5, 0.6) is 0 Å². The van der Waals surface area contributed by atoms with Crippen LogP contribution < -0.4 is 0 Å². The SMILES string of the molecule is CCN1CC[C@H](Cc2cccc(C(=O)O)c2)C1. The second kappa shape index (κ2) is 5.32. The normalized spacial score (nSPS) is 20.6. The van der Waals surface area contributed by atoms with Crippen LogP contribution in [0.25, 0.3) is 0 Å². The first-order valence-electron chi connectivity index (χ1n) is 6.23. The van der Waals surface area contributed by atoms with Crippen LogP contribution in [0.1, 0.15) is 29.3 Å². The van der Waals surface area contributed by atoms with E-state index in [0.717, 1.165) is 25.1 Å². The monoisotopic (exact) mass is 233 g/mol. The van der Waals surface area contributed by atoms with E-state index in [1.807, 2.05) is 12.1 Å². The highest BCUT2D eigenvalue weighted by atomic mass is 16.4. The van der Waals surface area contributed by atoms with E-state index in [4.69, 9.17) is 5.11 Å². The molecule has 0 spiro atoms. The molecule has 0 radical (unpaired) electrons. The summed E-state index contributed by atoms with van der Waals surface area (Å²) < 4.78 is 0. The molecule has 0 unspecified atom stereocenters. The van der Waals surface area contributed by atoms with Crippen LogP contribution in [0.15, 0.2) is 24.3 Å². The number of benzene rings is 1. The molecule has 1 aliphatic heterocycles. The summed E-state index contributed by atoms with van der Waals surface area (Å²) in [6, 6.07) is 7.32. The van der Waals surface area contributed by atoms with Gasteiger partial charge in [0.05, 0.1) is 5.56 Å². The van der Waals surface area contributed by atoms with E-state index in [2.05, 4.69) is 11.8 Å². The highest BCUT2D eigenvalue weighted by molar-refractivity contribution is 5.87. The molecule has 1 fully saturated rings. The number of hydrogen-bond donors (Lipinski definition) is 1. The zero-order valence-electron chi connectivity index (χ0n) is 10.2. The summed E-state index contributed by atoms with van der Waals surface area (Å²) >= 11 is 0. The van der Waals surface area contributed by atoms with Gasteiger partial charge >= 0.3 is 5.97 Å². The maximum atomic E-state index is 10.9. The third-order valence-electron chi connectivity index (χ3n) is 3.52. The zero-order chi connectivity index (χ0) is 12.3. The molecule has 1 heterocycles. The van der Waals surface area contributed by atoms with Gasteiger partial charge in [0.15, 0.2) is 0 Å². The number of aromatic carboxylic acids is 1. The summed E-state index contributed by atoms with van der Waals surface area (Å²) in [5.41, 5.74) is 1.54. The zero-order valence-corrected chi connectivity index (χ0v) is 10.2. The van der Waals surface area contributed by atoms with Crippen molar-refractivity contribution in [3.63, 3.8) is 0 Å². The Bertz CT molecular complexity index is 403. The van der Waals surface area contributed by atoms with Gasteiger partial charge in [0, 0.05) is 6.54 Å². The van der Waals surface area contributed by atoms with Crippen molar-refractivity contribution in [3.05, 3.63) is 35.4 Å². The molecule has 1 aromatic carbocycles. The van der Waals surface area contributed by atoms with Crippen LogP contribution >= 0.6 is 0 Å². The lowest BCUT2D eigenvalue weighted by Gasteiger charge is -2.13. The van der Waals surface area contributed by atoms with Gasteiger partial charge < -0.3 is 10.0 Å². The summed E-state index contributed by atoms with van der Waals surface area (Å²) in [5.74, 6) is -0.160. The van der Waals surface area contributed by atoms with Crippen molar-refractivity contribution in [2.24, 2.45) is 5.92 Å². The molecule has 2 rings (SSSR count). The lowest BCUT2D eigenvalue weighted by molar-refractivity contribution is 0.0696. The van der Waals surface area contributed by atoms with Crippen molar-refractivity contribution in [2.45, 2.75) is 19.8 Å². The summed E-state index contributed by atoms with van der Waals surface area (Å²) in [4.78, 5) is 13.3. The van der Waals surface area contributed by atoms with Crippen molar-refractivity contribution >= 4 is 5.97 Å². The fourth-order valence-electron chi connectivity index (χ4n) is 2.53. The third kappa shape index (κ3) is 3.07. The number of rotatable bonds is 4. The summed E-state index contributed by atoms with van der Waals surface area (Å²) in [6.45, 7) is 5.63. The Morgan fingerprint density at radius 2 is 2.35 bits per heavy atom. The molecule has 0 aliphatic carbocycles. The van der Waals surface area contributed by atoms with Crippen LogP contribution in [0, 0.1) is 5.92 Å². The van der Waals surface area contributed by atoms with E-state index in [1.54, 1.807) is 12.1 Å². The molecule has 3 nitrogen and oxygen atoms in total. The first kappa shape index (κ1) is 12.1. The second-order valence-corrected chi connectivity index (χ2v) is 4.76. The van der Waals surface area contributed by atoms with Crippen LogP contribution in [-0.2, 0) is 6.42 Å². The Morgan fingerprint density at radius 3 is 3.00 bits per heavy atom. The minimum atomic E-state index is -0.839. The molecule has 0 saturated carbocycles. The Hall–Kier alpha value is -1.35. The van der Waals surface area contributed by atoms with Gasteiger partial charge in [0.25, 0.3) is 0 Å². The average Bonchev–Trinajstić information content (AvgIpc) is 2.77. The molecule has 0 aromatic heterocycles. The molecule has 1 aliphatic rings. The number of carboxylic acids is 1. The van der Waals surface area contributed by atoms with Gasteiger partial charge in [-0.05, 0) is 49.5 Å². The number of likely N-dealkylation sites (tertiary alicyclic amines) is 1. The molecule has 0 bridgehead atoms. The topological polar surface area (TPSA) is 40.5 Å². The van der Waals surface area contributed by atoms with Crippen molar-refractivity contribution in [2.75, 3.05) is 19.6 Å². The van der Waals surface area contributed by atoms with Crippen LogP contribution in [-0.4, -0.2) is 35.6 Å². The van der Waals surface area contributed by atoms with Gasteiger partial charge in [-0.3, -0.25) is 0 Å². The van der Waals surface area contributed by atoms with Gasteiger partial charge in [-0.1, -0.05) is 19.1 Å². The van der Waals surface area contributed by atoms with Gasteiger partial charge in [0.1, 0.15) is 0 Å². The molecule has 1 N–H and O–H groups in total. The summed E-state index contributed by atoms with van der Waals surface area (Å²) in [7, 11) is 0. The molecule has 1 saturated heterocycles. The maximum absolute atomic E-state index is 10.9. The Labute approximate surface area is 102 Å². The molecular formula is C14H19NO2. The van der Waals surface area contributed by atoms with Crippen molar-refractivity contribution in [1.82, 2.24) is 4.90 Å². The van der Waals surface area contributed by atoms with E-state index < -0.39 is 5.97 Å². The smallest absolute Gasteiger partial charge is 0.335 e. The van der Waals surface area contributed by atoms with Gasteiger partial charge in [-0.25, -0.2) is 4.79 Å². The van der Waals surface area contributed by atoms with E-state index in [9.17, 15) is 4.79 Å². The molecule has 0 amide bonds. The number of carbonyl (C=O) groups is 1. The molecule has 92 valence electrons. The fourth-order valence-corrected chi connectivity index (χ4v) is 2.53. The van der Waals surface area contributed by atoms with Crippen molar-refractivity contribution < 1.29 is 9.90 Å². The maximum Gasteiger partial charge on any atom is 0.335 e. The minimum absolute atomic E-state index is 0.396. The fraction of sp³-hybridized carbons (Fsp3) is 0.500.